The second-order valence-corrected chi connectivity index (χ2v) is 11.3. The first kappa shape index (κ1) is 29.2. The van der Waals surface area contributed by atoms with Crippen molar-refractivity contribution in [3.63, 3.8) is 0 Å². The quantitative estimate of drug-likeness (QED) is 0.262. The molecule has 2 aliphatic rings. The van der Waals surface area contributed by atoms with Crippen molar-refractivity contribution in [2.75, 3.05) is 19.6 Å². The summed E-state index contributed by atoms with van der Waals surface area (Å²) in [6.07, 6.45) is 3.69. The van der Waals surface area contributed by atoms with Crippen LogP contribution in [0.15, 0.2) is 97.3 Å². The van der Waals surface area contributed by atoms with E-state index in [2.05, 4.69) is 39.5 Å². The summed E-state index contributed by atoms with van der Waals surface area (Å²) in [5.74, 6) is -0.155. The summed E-state index contributed by atoms with van der Waals surface area (Å²) in [4.78, 5) is 18.7. The van der Waals surface area contributed by atoms with E-state index in [0.29, 0.717) is 25.1 Å². The van der Waals surface area contributed by atoms with Crippen molar-refractivity contribution in [3.05, 3.63) is 125 Å². The van der Waals surface area contributed by atoms with E-state index in [-0.39, 0.29) is 30.8 Å². The van der Waals surface area contributed by atoms with E-state index < -0.39 is 6.29 Å². The van der Waals surface area contributed by atoms with Crippen LogP contribution in [0.1, 0.15) is 57.8 Å². The molecule has 2 fully saturated rings. The molecule has 4 atom stereocenters. The molecule has 0 bridgehead atoms. The van der Waals surface area contributed by atoms with Gasteiger partial charge in [-0.15, -0.1) is 0 Å². The average Bonchev–Trinajstić information content (AvgIpc) is 3.48. The van der Waals surface area contributed by atoms with Crippen molar-refractivity contribution >= 4 is 5.91 Å². The fourth-order valence-electron chi connectivity index (χ4n) is 5.77. The first-order valence-corrected chi connectivity index (χ1v) is 14.8. The Morgan fingerprint density at radius 1 is 0.930 bits per heavy atom. The SMILES string of the molecule is O=C(NCc1cccc(-c2ccc([C@H]3O[C@@H](CN4CC[C@H](O)C4)C[C@@H](c4ccc(CO)cc4)O3)cc2)c1)c1cccnc1. The van der Waals surface area contributed by atoms with Crippen LogP contribution in [-0.4, -0.2) is 57.8 Å². The molecule has 1 aromatic heterocycles. The van der Waals surface area contributed by atoms with Crippen molar-refractivity contribution in [3.8, 4) is 11.1 Å². The molecule has 222 valence electrons. The number of aliphatic hydroxyl groups is 2. The smallest absolute Gasteiger partial charge is 0.253 e. The summed E-state index contributed by atoms with van der Waals surface area (Å²) in [6, 6.07) is 27.8. The summed E-state index contributed by atoms with van der Waals surface area (Å²) >= 11 is 0. The molecule has 6 rings (SSSR count). The number of aliphatic hydroxyl groups excluding tert-OH is 2. The highest BCUT2D eigenvalue weighted by atomic mass is 16.7. The fourth-order valence-corrected chi connectivity index (χ4v) is 5.77. The highest BCUT2D eigenvalue weighted by Gasteiger charge is 2.34. The average molecular weight is 580 g/mol. The zero-order valence-electron chi connectivity index (χ0n) is 24.0. The number of nitrogens with zero attached hydrogens (tertiary/aromatic N) is 2. The summed E-state index contributed by atoms with van der Waals surface area (Å²) in [5, 5.41) is 22.5. The van der Waals surface area contributed by atoms with Gasteiger partial charge in [-0.3, -0.25) is 14.7 Å². The van der Waals surface area contributed by atoms with Crippen LogP contribution in [0.3, 0.4) is 0 Å². The van der Waals surface area contributed by atoms with Crippen LogP contribution in [0, 0.1) is 0 Å². The number of nitrogens with one attached hydrogen (secondary N) is 1. The Kier molecular flexibility index (Phi) is 9.21. The van der Waals surface area contributed by atoms with E-state index in [1.165, 1.54) is 0 Å². The number of benzene rings is 3. The van der Waals surface area contributed by atoms with Crippen LogP contribution in [0.4, 0.5) is 0 Å². The van der Waals surface area contributed by atoms with E-state index in [9.17, 15) is 15.0 Å². The number of hydrogen-bond acceptors (Lipinski definition) is 7. The second-order valence-electron chi connectivity index (χ2n) is 11.3. The minimum Gasteiger partial charge on any atom is -0.392 e. The molecular weight excluding hydrogens is 542 g/mol. The standard InChI is InChI=1S/C35H37N3O5/c39-23-24-6-8-27(9-7-24)33-18-32(22-38-16-14-31(40)21-38)42-35(43-33)28-12-10-26(11-13-28)29-4-1-3-25(17-29)19-37-34(41)30-5-2-15-36-20-30/h1-13,15,17,20,31-33,35,39-40H,14,16,18-19,21-23H2,(H,37,41)/t31-,32+,33-,35-/m0/s1. The highest BCUT2D eigenvalue weighted by molar-refractivity contribution is 5.93. The van der Waals surface area contributed by atoms with Crippen molar-refractivity contribution in [1.29, 1.82) is 0 Å². The van der Waals surface area contributed by atoms with Crippen molar-refractivity contribution in [2.24, 2.45) is 0 Å². The molecular formula is C35H37N3O5. The third-order valence-corrected chi connectivity index (χ3v) is 8.14. The van der Waals surface area contributed by atoms with Gasteiger partial charge in [-0.2, -0.15) is 0 Å². The molecule has 0 saturated carbocycles. The van der Waals surface area contributed by atoms with Gasteiger partial charge in [0.15, 0.2) is 6.29 Å². The number of carbonyl (C=O) groups excluding carboxylic acids is 1. The number of ether oxygens (including phenoxy) is 2. The van der Waals surface area contributed by atoms with Crippen LogP contribution in [0.5, 0.6) is 0 Å². The number of β-amino-alcohol motifs (C(OH)–C–C–N with tert-alkyl or cyclic N) is 1. The number of rotatable bonds is 9. The maximum absolute atomic E-state index is 12.4. The maximum atomic E-state index is 12.4. The molecule has 43 heavy (non-hydrogen) atoms. The largest absolute Gasteiger partial charge is 0.392 e. The number of likely N-dealkylation sites (tertiary alicyclic amines) is 1. The molecule has 0 aliphatic carbocycles. The molecule has 4 aromatic rings. The lowest BCUT2D eigenvalue weighted by Crippen LogP contribution is -2.38. The lowest BCUT2D eigenvalue weighted by Gasteiger charge is -2.37. The van der Waals surface area contributed by atoms with E-state index in [1.807, 2.05) is 48.5 Å². The van der Waals surface area contributed by atoms with E-state index >= 15 is 0 Å². The first-order chi connectivity index (χ1) is 21.0. The highest BCUT2D eigenvalue weighted by Crippen LogP contribution is 2.39. The van der Waals surface area contributed by atoms with Gasteiger partial charge in [-0.1, -0.05) is 66.7 Å². The molecule has 3 heterocycles. The van der Waals surface area contributed by atoms with Crippen LogP contribution in [0.25, 0.3) is 11.1 Å². The van der Waals surface area contributed by atoms with Gasteiger partial charge < -0.3 is 25.0 Å². The molecule has 3 N–H and O–H groups in total. The van der Waals surface area contributed by atoms with E-state index in [1.54, 1.807) is 24.5 Å². The molecule has 0 radical (unpaired) electrons. The summed E-state index contributed by atoms with van der Waals surface area (Å²) < 4.78 is 13.0. The van der Waals surface area contributed by atoms with Crippen LogP contribution in [0.2, 0.25) is 0 Å². The van der Waals surface area contributed by atoms with Crippen LogP contribution < -0.4 is 5.32 Å². The Morgan fingerprint density at radius 3 is 2.47 bits per heavy atom. The third-order valence-electron chi connectivity index (χ3n) is 8.14. The predicted molar refractivity (Wildman–Crippen MR) is 163 cm³/mol. The lowest BCUT2D eigenvalue weighted by atomic mass is 9.99. The van der Waals surface area contributed by atoms with E-state index in [4.69, 9.17) is 9.47 Å². The summed E-state index contributed by atoms with van der Waals surface area (Å²) in [5.41, 5.74) is 6.50. The van der Waals surface area contributed by atoms with Crippen LogP contribution >= 0.6 is 0 Å². The zero-order chi connectivity index (χ0) is 29.6. The second kappa shape index (κ2) is 13.6. The van der Waals surface area contributed by atoms with Gasteiger partial charge >= 0.3 is 0 Å². The van der Waals surface area contributed by atoms with Gasteiger partial charge in [0.1, 0.15) is 0 Å². The Hall–Kier alpha value is -3.92. The van der Waals surface area contributed by atoms with Crippen molar-refractivity contribution in [2.45, 2.75) is 50.6 Å². The molecule has 3 aromatic carbocycles. The maximum Gasteiger partial charge on any atom is 0.253 e. The lowest BCUT2D eigenvalue weighted by molar-refractivity contribution is -0.252. The molecule has 2 saturated heterocycles. The molecule has 1 amide bonds. The summed E-state index contributed by atoms with van der Waals surface area (Å²) in [6.45, 7) is 2.70. The molecule has 8 heteroatoms. The Morgan fingerprint density at radius 2 is 1.74 bits per heavy atom. The van der Waals surface area contributed by atoms with Crippen molar-refractivity contribution in [1.82, 2.24) is 15.2 Å². The van der Waals surface area contributed by atoms with Crippen LogP contribution in [-0.2, 0) is 22.6 Å². The first-order valence-electron chi connectivity index (χ1n) is 14.8. The van der Waals surface area contributed by atoms with Gasteiger partial charge in [0.25, 0.3) is 5.91 Å². The minimum atomic E-state index is -0.531. The topological polar surface area (TPSA) is 104 Å². The number of amides is 1. The van der Waals surface area contributed by atoms with Gasteiger partial charge in [0, 0.05) is 50.6 Å². The predicted octanol–water partition coefficient (Wildman–Crippen LogP) is 4.78. The summed E-state index contributed by atoms with van der Waals surface area (Å²) in [7, 11) is 0. The molecule has 0 unspecified atom stereocenters. The number of carbonyl (C=O) groups is 1. The van der Waals surface area contributed by atoms with Gasteiger partial charge in [-0.05, 0) is 52.4 Å². The Labute approximate surface area is 251 Å². The molecule has 2 aliphatic heterocycles. The monoisotopic (exact) mass is 579 g/mol. The Balaban J connectivity index is 1.15. The normalized spacial score (nSPS) is 22.4. The Bertz CT molecular complexity index is 1500. The minimum absolute atomic E-state index is 0.00669. The van der Waals surface area contributed by atoms with Gasteiger partial charge in [0.2, 0.25) is 0 Å². The van der Waals surface area contributed by atoms with Crippen molar-refractivity contribution < 1.29 is 24.5 Å². The zero-order valence-corrected chi connectivity index (χ0v) is 24.0. The number of aromatic nitrogens is 1. The number of hydrogen-bond donors (Lipinski definition) is 3. The van der Waals surface area contributed by atoms with Gasteiger partial charge in [0.05, 0.1) is 30.5 Å². The fraction of sp³-hybridized carbons (Fsp3) is 0.314. The third kappa shape index (κ3) is 7.36. The molecule has 0 spiro atoms. The van der Waals surface area contributed by atoms with Gasteiger partial charge in [-0.25, -0.2) is 0 Å². The molecule has 8 nitrogen and oxygen atoms in total. The van der Waals surface area contributed by atoms with E-state index in [0.717, 1.165) is 52.9 Å². The number of pyridine rings is 1.